The molecule has 0 bridgehead atoms. The van der Waals surface area contributed by atoms with Gasteiger partial charge in [0.15, 0.2) is 6.61 Å². The molecule has 8 nitrogen and oxygen atoms in total. The van der Waals surface area contributed by atoms with Crippen molar-refractivity contribution in [1.82, 2.24) is 20.1 Å². The normalized spacial score (nSPS) is 12.9. The minimum absolute atomic E-state index is 0.0820. The summed E-state index contributed by atoms with van der Waals surface area (Å²) in [6.07, 6.45) is 2.95. The topological polar surface area (TPSA) is 110 Å². The lowest BCUT2D eigenvalue weighted by atomic mass is 9.90. The highest BCUT2D eigenvalue weighted by Gasteiger charge is 2.30. The lowest BCUT2D eigenvalue weighted by molar-refractivity contribution is -0.125. The Morgan fingerprint density at radius 1 is 1.36 bits per heavy atom. The fraction of sp³-hybridized carbons (Fsp3) is 0.353. The van der Waals surface area contributed by atoms with E-state index in [2.05, 4.69) is 21.5 Å². The molecule has 0 aliphatic carbocycles. The van der Waals surface area contributed by atoms with Gasteiger partial charge in [0, 0.05) is 0 Å². The standard InChI is InChI=1S/C17H19N5O3/c1-12(2)17(3,9-18)21-15(23)8-25-16(24)13-4-6-14(7-5-13)22-11-19-10-20-22/h4-7,10-12H,8H2,1-3H3,(H,21,23)/t17-/m0/s1. The summed E-state index contributed by atoms with van der Waals surface area (Å²) in [6, 6.07) is 8.59. The van der Waals surface area contributed by atoms with E-state index in [1.807, 2.05) is 13.8 Å². The van der Waals surface area contributed by atoms with Gasteiger partial charge in [-0.3, -0.25) is 4.79 Å². The smallest absolute Gasteiger partial charge is 0.338 e. The van der Waals surface area contributed by atoms with Crippen LogP contribution >= 0.6 is 0 Å². The largest absolute Gasteiger partial charge is 0.452 e. The van der Waals surface area contributed by atoms with Crippen LogP contribution in [0, 0.1) is 17.2 Å². The Balaban J connectivity index is 1.92. The molecule has 0 fully saturated rings. The Morgan fingerprint density at radius 2 is 2.04 bits per heavy atom. The Bertz CT molecular complexity index is 778. The number of nitrogens with one attached hydrogen (secondary N) is 1. The summed E-state index contributed by atoms with van der Waals surface area (Å²) in [5, 5.41) is 15.7. The van der Waals surface area contributed by atoms with Crippen molar-refractivity contribution >= 4 is 11.9 Å². The third-order valence-corrected chi connectivity index (χ3v) is 3.91. The van der Waals surface area contributed by atoms with Gasteiger partial charge in [-0.15, -0.1) is 0 Å². The van der Waals surface area contributed by atoms with Crippen LogP contribution in [0.3, 0.4) is 0 Å². The number of ether oxygens (including phenoxy) is 1. The highest BCUT2D eigenvalue weighted by atomic mass is 16.5. The van der Waals surface area contributed by atoms with Crippen LogP contribution in [-0.2, 0) is 9.53 Å². The van der Waals surface area contributed by atoms with Crippen molar-refractivity contribution in [3.8, 4) is 11.8 Å². The van der Waals surface area contributed by atoms with Crippen molar-refractivity contribution in [3.63, 3.8) is 0 Å². The molecular formula is C17H19N5O3. The molecule has 2 rings (SSSR count). The van der Waals surface area contributed by atoms with Gasteiger partial charge >= 0.3 is 5.97 Å². The van der Waals surface area contributed by atoms with E-state index in [0.29, 0.717) is 5.56 Å². The molecule has 0 saturated heterocycles. The molecule has 0 aliphatic rings. The van der Waals surface area contributed by atoms with Crippen LogP contribution in [-0.4, -0.2) is 38.8 Å². The summed E-state index contributed by atoms with van der Waals surface area (Å²) in [4.78, 5) is 27.8. The van der Waals surface area contributed by atoms with Crippen LogP contribution in [0.5, 0.6) is 0 Å². The van der Waals surface area contributed by atoms with E-state index in [0.717, 1.165) is 5.69 Å². The van der Waals surface area contributed by atoms with Gasteiger partial charge < -0.3 is 10.1 Å². The van der Waals surface area contributed by atoms with E-state index in [1.165, 1.54) is 6.33 Å². The van der Waals surface area contributed by atoms with Gasteiger partial charge in [0.2, 0.25) is 0 Å². The van der Waals surface area contributed by atoms with Gasteiger partial charge in [-0.25, -0.2) is 14.5 Å². The van der Waals surface area contributed by atoms with Gasteiger partial charge in [-0.05, 0) is 37.1 Å². The third kappa shape index (κ3) is 4.41. The van der Waals surface area contributed by atoms with Crippen LogP contribution in [0.15, 0.2) is 36.9 Å². The summed E-state index contributed by atoms with van der Waals surface area (Å²) in [5.74, 6) is -1.23. The monoisotopic (exact) mass is 341 g/mol. The zero-order valence-electron chi connectivity index (χ0n) is 14.3. The maximum Gasteiger partial charge on any atom is 0.338 e. The zero-order chi connectivity index (χ0) is 18.4. The summed E-state index contributed by atoms with van der Waals surface area (Å²) >= 11 is 0. The Morgan fingerprint density at radius 3 is 2.56 bits per heavy atom. The van der Waals surface area contributed by atoms with Gasteiger partial charge in [-0.1, -0.05) is 13.8 Å². The predicted octanol–water partition coefficient (Wildman–Crippen LogP) is 1.48. The Kier molecular flexibility index (Phi) is 5.49. The summed E-state index contributed by atoms with van der Waals surface area (Å²) in [5.41, 5.74) is 0.0419. The van der Waals surface area contributed by atoms with E-state index in [1.54, 1.807) is 42.2 Å². The second-order valence-corrected chi connectivity index (χ2v) is 5.98. The average molecular weight is 341 g/mol. The molecule has 130 valence electrons. The molecule has 1 aromatic carbocycles. The number of benzene rings is 1. The number of rotatable bonds is 6. The minimum Gasteiger partial charge on any atom is -0.452 e. The quantitative estimate of drug-likeness (QED) is 0.797. The van der Waals surface area contributed by atoms with Crippen LogP contribution < -0.4 is 5.32 Å². The van der Waals surface area contributed by atoms with E-state index in [-0.39, 0.29) is 5.92 Å². The van der Waals surface area contributed by atoms with Crippen LogP contribution in [0.2, 0.25) is 0 Å². The molecule has 25 heavy (non-hydrogen) atoms. The van der Waals surface area contributed by atoms with E-state index in [4.69, 9.17) is 4.74 Å². The molecule has 2 aromatic rings. The van der Waals surface area contributed by atoms with Crippen LogP contribution in [0.25, 0.3) is 5.69 Å². The van der Waals surface area contributed by atoms with Crippen molar-refractivity contribution in [2.75, 3.05) is 6.61 Å². The number of hydrogen-bond donors (Lipinski definition) is 1. The number of amides is 1. The molecule has 1 atom stereocenters. The highest BCUT2D eigenvalue weighted by molar-refractivity contribution is 5.91. The highest BCUT2D eigenvalue weighted by Crippen LogP contribution is 2.15. The molecule has 0 spiro atoms. The molecule has 0 aliphatic heterocycles. The maximum absolute atomic E-state index is 12.0. The van der Waals surface area contributed by atoms with Crippen molar-refractivity contribution in [3.05, 3.63) is 42.5 Å². The first kappa shape index (κ1) is 18.1. The molecule has 1 aromatic heterocycles. The SMILES string of the molecule is CC(C)[C@](C)(C#N)NC(=O)COC(=O)c1ccc(-n2cncn2)cc1. The van der Waals surface area contributed by atoms with Crippen LogP contribution in [0.1, 0.15) is 31.1 Å². The first-order valence-electron chi connectivity index (χ1n) is 7.70. The van der Waals surface area contributed by atoms with Crippen molar-refractivity contribution in [1.29, 1.82) is 5.26 Å². The first-order valence-corrected chi connectivity index (χ1v) is 7.70. The number of esters is 1. The Hall–Kier alpha value is -3.21. The van der Waals surface area contributed by atoms with Gasteiger partial charge in [-0.2, -0.15) is 10.4 Å². The zero-order valence-corrected chi connectivity index (χ0v) is 14.3. The van der Waals surface area contributed by atoms with E-state index in [9.17, 15) is 14.9 Å². The average Bonchev–Trinajstić information content (AvgIpc) is 3.14. The second kappa shape index (κ2) is 7.57. The van der Waals surface area contributed by atoms with Crippen molar-refractivity contribution < 1.29 is 14.3 Å². The fourth-order valence-electron chi connectivity index (χ4n) is 1.93. The van der Waals surface area contributed by atoms with Crippen molar-refractivity contribution in [2.45, 2.75) is 26.3 Å². The van der Waals surface area contributed by atoms with Crippen molar-refractivity contribution in [2.24, 2.45) is 5.92 Å². The number of nitrogens with zero attached hydrogens (tertiary/aromatic N) is 4. The lowest BCUT2D eigenvalue weighted by Crippen LogP contribution is -2.50. The number of hydrogen-bond acceptors (Lipinski definition) is 6. The Labute approximate surface area is 145 Å². The number of carbonyl (C=O) groups is 2. The summed E-state index contributed by atoms with van der Waals surface area (Å²) in [7, 11) is 0. The molecular weight excluding hydrogens is 322 g/mol. The number of nitriles is 1. The molecule has 0 unspecified atom stereocenters. The first-order chi connectivity index (χ1) is 11.9. The fourth-order valence-corrected chi connectivity index (χ4v) is 1.93. The molecule has 8 heteroatoms. The number of carbonyl (C=O) groups excluding carboxylic acids is 2. The van der Waals surface area contributed by atoms with E-state index < -0.39 is 24.0 Å². The van der Waals surface area contributed by atoms with Gasteiger partial charge in [0.25, 0.3) is 5.91 Å². The number of aromatic nitrogens is 3. The maximum atomic E-state index is 12.0. The molecule has 1 heterocycles. The van der Waals surface area contributed by atoms with Gasteiger partial charge in [0.05, 0.1) is 17.3 Å². The third-order valence-electron chi connectivity index (χ3n) is 3.91. The minimum atomic E-state index is -1.01. The van der Waals surface area contributed by atoms with E-state index >= 15 is 0 Å². The summed E-state index contributed by atoms with van der Waals surface area (Å²) in [6.45, 7) is 4.83. The summed E-state index contributed by atoms with van der Waals surface area (Å²) < 4.78 is 6.55. The van der Waals surface area contributed by atoms with Crippen LogP contribution in [0.4, 0.5) is 0 Å². The lowest BCUT2D eigenvalue weighted by Gasteiger charge is -2.27. The molecule has 1 amide bonds. The molecule has 0 saturated carbocycles. The predicted molar refractivity (Wildman–Crippen MR) is 88.6 cm³/mol. The molecule has 1 N–H and O–H groups in total. The molecule has 0 radical (unpaired) electrons. The van der Waals surface area contributed by atoms with Gasteiger partial charge in [0.1, 0.15) is 18.2 Å². The second-order valence-electron chi connectivity index (χ2n) is 5.98.